The van der Waals surface area contributed by atoms with E-state index in [1.54, 1.807) is 34.0 Å². The van der Waals surface area contributed by atoms with Gasteiger partial charge < -0.3 is 20.1 Å². The maximum Gasteiger partial charge on any atom is 0.220 e. The highest BCUT2D eigenvalue weighted by molar-refractivity contribution is 7.22. The molecular formula is C33H34N6O4S3. The Bertz CT molecular complexity index is 2060. The lowest BCUT2D eigenvalue weighted by Crippen LogP contribution is -2.25. The molecule has 4 atom stereocenters. The summed E-state index contributed by atoms with van der Waals surface area (Å²) < 4.78 is 17.6. The van der Waals surface area contributed by atoms with E-state index < -0.39 is 0 Å². The maximum atomic E-state index is 11.5. The predicted molar refractivity (Wildman–Crippen MR) is 184 cm³/mol. The van der Waals surface area contributed by atoms with Gasteiger partial charge in [0.25, 0.3) is 0 Å². The summed E-state index contributed by atoms with van der Waals surface area (Å²) in [6, 6.07) is 10.5. The lowest BCUT2D eigenvalue weighted by atomic mass is 10.0. The number of ether oxygens (including phenoxy) is 2. The molecule has 2 fully saturated rings. The van der Waals surface area contributed by atoms with Crippen molar-refractivity contribution in [1.29, 1.82) is 0 Å². The maximum absolute atomic E-state index is 11.5. The van der Waals surface area contributed by atoms with Gasteiger partial charge in [-0.2, -0.15) is 5.10 Å². The van der Waals surface area contributed by atoms with E-state index >= 15 is 0 Å². The Morgan fingerprint density at radius 1 is 0.848 bits per heavy atom. The lowest BCUT2D eigenvalue weighted by Gasteiger charge is -2.20. The van der Waals surface area contributed by atoms with Crippen LogP contribution in [0.1, 0.15) is 32.3 Å². The molecular weight excluding hydrogens is 641 g/mol. The minimum absolute atomic E-state index is 0.0195. The van der Waals surface area contributed by atoms with Crippen LogP contribution in [0.15, 0.2) is 47.5 Å². The van der Waals surface area contributed by atoms with Gasteiger partial charge in [0, 0.05) is 49.7 Å². The molecule has 46 heavy (non-hydrogen) atoms. The molecule has 0 unspecified atom stereocenters. The number of rotatable bonds is 7. The summed E-state index contributed by atoms with van der Waals surface area (Å²) in [7, 11) is 1.95. The van der Waals surface area contributed by atoms with Crippen molar-refractivity contribution in [2.45, 2.75) is 45.8 Å². The van der Waals surface area contributed by atoms with Gasteiger partial charge in [0.05, 0.1) is 47.9 Å². The van der Waals surface area contributed by atoms with Gasteiger partial charge in [-0.1, -0.05) is 0 Å². The summed E-state index contributed by atoms with van der Waals surface area (Å²) in [5, 5.41) is 10.0. The van der Waals surface area contributed by atoms with Crippen LogP contribution in [0.5, 0.6) is 11.5 Å². The molecule has 10 nitrogen and oxygen atoms in total. The van der Waals surface area contributed by atoms with Crippen molar-refractivity contribution in [1.82, 2.24) is 30.4 Å². The molecule has 2 aromatic carbocycles. The Kier molecular flexibility index (Phi) is 8.38. The van der Waals surface area contributed by atoms with Crippen molar-refractivity contribution < 1.29 is 19.1 Å². The third kappa shape index (κ3) is 6.18. The van der Waals surface area contributed by atoms with Crippen LogP contribution in [0.2, 0.25) is 0 Å². The average Bonchev–Trinajstić information content (AvgIpc) is 3.86. The third-order valence-corrected chi connectivity index (χ3v) is 11.5. The Morgan fingerprint density at radius 3 is 2.00 bits per heavy atom. The molecule has 238 valence electrons. The molecule has 2 aliphatic heterocycles. The van der Waals surface area contributed by atoms with Crippen LogP contribution in [-0.2, 0) is 16.6 Å². The fraction of sp³-hybridized carbons (Fsp3) is 0.364. The summed E-state index contributed by atoms with van der Waals surface area (Å²) in [4.78, 5) is 32.8. The number of fused-ring (bicyclic) bond motifs is 3. The number of benzene rings is 2. The zero-order chi connectivity index (χ0) is 31.9. The SMILES string of the molecule is C[C@@H](Oc1cc(-c2cc3c(cnn3C)s2)cc2ncsc12)[C@H]1CNC(=O)C1.Cc1cc(O[C@H](C)[C@H]2CNC(=O)C2)c2scnc2c1. The highest BCUT2D eigenvalue weighted by atomic mass is 32.1. The molecule has 0 saturated carbocycles. The van der Waals surface area contributed by atoms with Crippen molar-refractivity contribution in [3.63, 3.8) is 0 Å². The van der Waals surface area contributed by atoms with E-state index in [9.17, 15) is 9.59 Å². The number of amides is 2. The number of nitrogens with zero attached hydrogens (tertiary/aromatic N) is 4. The third-order valence-electron chi connectivity index (χ3n) is 8.63. The number of hydrogen-bond acceptors (Lipinski definition) is 10. The molecule has 0 radical (unpaired) electrons. The lowest BCUT2D eigenvalue weighted by molar-refractivity contribution is -0.120. The standard InChI is InChI=1S/C19H18N4O2S2.C14H16N2O2S/c1-10(12-5-18(24)20-7-12)25-15-4-11(3-13-19(15)26-9-21-13)16-6-14-17(27-16)8-22-23(14)2;1-8-3-11-14(19-7-16-11)12(4-8)18-9(2)10-5-13(17)15-6-10/h3-4,6,8-10,12H,5,7H2,1-2H3,(H,20,24);3-4,7,9-10H,5-6H2,1-2H3,(H,15,17)/t10-,12-;9-,10-/m11/s1. The molecule has 0 bridgehead atoms. The van der Waals surface area contributed by atoms with Gasteiger partial charge in [0.2, 0.25) is 11.8 Å². The summed E-state index contributed by atoms with van der Waals surface area (Å²) in [6.07, 6.45) is 2.95. The fourth-order valence-electron chi connectivity index (χ4n) is 5.92. The van der Waals surface area contributed by atoms with Crippen LogP contribution in [0, 0.1) is 18.8 Å². The molecule has 2 N–H and O–H groups in total. The van der Waals surface area contributed by atoms with Crippen LogP contribution in [0.3, 0.4) is 0 Å². The number of thiazole rings is 2. The molecule has 2 amide bonds. The van der Waals surface area contributed by atoms with E-state index in [1.807, 2.05) is 55.8 Å². The van der Waals surface area contributed by atoms with Crippen LogP contribution >= 0.6 is 34.0 Å². The molecule has 13 heteroatoms. The smallest absolute Gasteiger partial charge is 0.220 e. The quantitative estimate of drug-likeness (QED) is 0.203. The molecule has 2 saturated heterocycles. The summed E-state index contributed by atoms with van der Waals surface area (Å²) in [6.45, 7) is 7.49. The summed E-state index contributed by atoms with van der Waals surface area (Å²) in [5.41, 5.74) is 8.96. The van der Waals surface area contributed by atoms with Crippen LogP contribution < -0.4 is 20.1 Å². The van der Waals surface area contributed by atoms with Crippen LogP contribution in [0.25, 0.3) is 41.1 Å². The molecule has 2 aliphatic rings. The van der Waals surface area contributed by atoms with E-state index in [0.29, 0.717) is 25.9 Å². The van der Waals surface area contributed by atoms with E-state index in [-0.39, 0.29) is 35.9 Å². The minimum Gasteiger partial charge on any atom is -0.489 e. The van der Waals surface area contributed by atoms with Gasteiger partial charge in [-0.15, -0.1) is 34.0 Å². The highest BCUT2D eigenvalue weighted by Gasteiger charge is 2.29. The predicted octanol–water partition coefficient (Wildman–Crippen LogP) is 6.32. The van der Waals surface area contributed by atoms with Crippen molar-refractivity contribution in [2.75, 3.05) is 13.1 Å². The monoisotopic (exact) mass is 674 g/mol. The second kappa shape index (κ2) is 12.6. The second-order valence-electron chi connectivity index (χ2n) is 11.9. The Balaban J connectivity index is 0.000000157. The molecule has 8 rings (SSSR count). The number of aromatic nitrogens is 4. The normalized spacial score (nSPS) is 19.2. The number of carbonyl (C=O) groups excluding carboxylic acids is 2. The first-order valence-corrected chi connectivity index (χ1v) is 17.8. The number of nitrogens with one attached hydrogen (secondary N) is 2. The Morgan fingerprint density at radius 2 is 1.43 bits per heavy atom. The van der Waals surface area contributed by atoms with Crippen molar-refractivity contribution >= 4 is 76.5 Å². The van der Waals surface area contributed by atoms with Crippen molar-refractivity contribution in [2.24, 2.45) is 18.9 Å². The van der Waals surface area contributed by atoms with Gasteiger partial charge in [-0.05, 0) is 62.2 Å². The van der Waals surface area contributed by atoms with Gasteiger partial charge >= 0.3 is 0 Å². The number of aryl methyl sites for hydroxylation is 2. The largest absolute Gasteiger partial charge is 0.489 e. The van der Waals surface area contributed by atoms with Gasteiger partial charge in [-0.25, -0.2) is 9.97 Å². The first-order valence-electron chi connectivity index (χ1n) is 15.2. The topological polar surface area (TPSA) is 120 Å². The van der Waals surface area contributed by atoms with Crippen molar-refractivity contribution in [3.8, 4) is 21.9 Å². The number of carbonyl (C=O) groups is 2. The minimum atomic E-state index is -0.0453. The zero-order valence-corrected chi connectivity index (χ0v) is 28.4. The zero-order valence-electron chi connectivity index (χ0n) is 25.9. The van der Waals surface area contributed by atoms with E-state index in [1.165, 1.54) is 4.88 Å². The molecule has 0 aliphatic carbocycles. The molecule has 0 spiro atoms. The van der Waals surface area contributed by atoms with Crippen molar-refractivity contribution in [3.05, 3.63) is 53.1 Å². The Labute approximate surface area is 277 Å². The van der Waals surface area contributed by atoms with Crippen LogP contribution in [-0.4, -0.2) is 56.9 Å². The van der Waals surface area contributed by atoms with Gasteiger partial charge in [0.15, 0.2) is 0 Å². The van der Waals surface area contributed by atoms with Crippen LogP contribution in [0.4, 0.5) is 0 Å². The number of hydrogen-bond donors (Lipinski definition) is 2. The van der Waals surface area contributed by atoms with E-state index in [4.69, 9.17) is 9.47 Å². The van der Waals surface area contributed by atoms with E-state index in [2.05, 4.69) is 50.0 Å². The Hall–Kier alpha value is -4.07. The summed E-state index contributed by atoms with van der Waals surface area (Å²) in [5.74, 6) is 2.38. The fourth-order valence-corrected chi connectivity index (χ4v) is 8.42. The first-order chi connectivity index (χ1) is 22.2. The van der Waals surface area contributed by atoms with E-state index in [0.717, 1.165) is 53.3 Å². The second-order valence-corrected chi connectivity index (χ2v) is 14.7. The highest BCUT2D eigenvalue weighted by Crippen LogP contribution is 2.40. The van der Waals surface area contributed by atoms with Gasteiger partial charge in [0.1, 0.15) is 23.7 Å². The molecule has 6 aromatic rings. The molecule has 4 aromatic heterocycles. The van der Waals surface area contributed by atoms with Gasteiger partial charge in [-0.3, -0.25) is 14.3 Å². The average molecular weight is 675 g/mol. The first kappa shape index (κ1) is 30.6. The molecule has 6 heterocycles. The summed E-state index contributed by atoms with van der Waals surface area (Å²) >= 11 is 4.89. The number of thiophene rings is 1.